The van der Waals surface area contributed by atoms with Crippen LogP contribution in [0.3, 0.4) is 0 Å². The molecule has 3 N–H and O–H groups in total. The largest absolute Gasteiger partial charge is 0.481 e. The van der Waals surface area contributed by atoms with Crippen LogP contribution in [0.4, 0.5) is 17.3 Å². The smallest absolute Gasteiger partial charge is 0.303 e. The van der Waals surface area contributed by atoms with Gasteiger partial charge in [-0.05, 0) is 54.0 Å². The zero-order chi connectivity index (χ0) is 21.7. The van der Waals surface area contributed by atoms with E-state index in [2.05, 4.69) is 45.3 Å². The van der Waals surface area contributed by atoms with E-state index < -0.39 is 5.97 Å². The van der Waals surface area contributed by atoms with Crippen molar-refractivity contribution in [3.63, 3.8) is 0 Å². The molecule has 1 aliphatic heterocycles. The van der Waals surface area contributed by atoms with Gasteiger partial charge in [0.15, 0.2) is 0 Å². The average molecular weight is 436 g/mol. The topological polar surface area (TPSA) is 103 Å². The van der Waals surface area contributed by atoms with Crippen molar-refractivity contribution < 1.29 is 14.6 Å². The third-order valence-corrected chi connectivity index (χ3v) is 5.45. The van der Waals surface area contributed by atoms with Crippen LogP contribution in [0.25, 0.3) is 0 Å². The summed E-state index contributed by atoms with van der Waals surface area (Å²) in [4.78, 5) is 17.8. The number of hydrogen-bond acceptors (Lipinski definition) is 6. The fraction of sp³-hybridized carbons (Fsp3) is 0.571. The summed E-state index contributed by atoms with van der Waals surface area (Å²) in [6.07, 6.45) is 2.01. The zero-order valence-electron chi connectivity index (χ0n) is 17.7. The maximum atomic E-state index is 11.2. The van der Waals surface area contributed by atoms with E-state index >= 15 is 0 Å². The molecule has 3 rings (SSSR count). The maximum absolute atomic E-state index is 11.2. The lowest BCUT2D eigenvalue weighted by atomic mass is 9.95. The van der Waals surface area contributed by atoms with E-state index in [1.807, 2.05) is 19.1 Å². The molecule has 1 atom stereocenters. The van der Waals surface area contributed by atoms with Crippen LogP contribution in [0.5, 0.6) is 0 Å². The Hall–Kier alpha value is -2.32. The molecule has 1 fully saturated rings. The van der Waals surface area contributed by atoms with Crippen LogP contribution < -0.4 is 10.2 Å². The predicted octanol–water partition coefficient (Wildman–Crippen LogP) is 4.42. The summed E-state index contributed by atoms with van der Waals surface area (Å²) in [6, 6.07) is 6.47. The first-order chi connectivity index (χ1) is 14.3. The number of carboxylic acids is 1. The second-order valence-corrected chi connectivity index (χ2v) is 8.60. The van der Waals surface area contributed by atoms with Crippen molar-refractivity contribution in [2.24, 2.45) is 5.92 Å². The van der Waals surface area contributed by atoms with E-state index in [0.717, 1.165) is 49.5 Å². The van der Waals surface area contributed by atoms with Gasteiger partial charge in [-0.25, -0.2) is 5.10 Å². The number of hydrogen-bond donors (Lipinski definition) is 3. The van der Waals surface area contributed by atoms with Gasteiger partial charge in [0.2, 0.25) is 11.2 Å². The van der Waals surface area contributed by atoms with E-state index in [4.69, 9.17) is 16.3 Å². The summed E-state index contributed by atoms with van der Waals surface area (Å²) in [7, 11) is 0. The fourth-order valence-electron chi connectivity index (χ4n) is 3.84. The quantitative estimate of drug-likeness (QED) is 0.535. The number of carbonyl (C=O) groups is 1. The van der Waals surface area contributed by atoms with Crippen molar-refractivity contribution in [2.75, 3.05) is 30.0 Å². The molecule has 164 valence electrons. The van der Waals surface area contributed by atoms with E-state index in [-0.39, 0.29) is 17.6 Å². The number of nitrogens with one attached hydrogen (secondary N) is 2. The number of aromatic amines is 1. The van der Waals surface area contributed by atoms with Crippen LogP contribution in [0.1, 0.15) is 51.5 Å². The third kappa shape index (κ3) is 5.86. The molecule has 0 radical (unpaired) electrons. The third-order valence-electron chi connectivity index (χ3n) is 5.28. The first-order valence-electron chi connectivity index (χ1n) is 10.4. The lowest BCUT2D eigenvalue weighted by Crippen LogP contribution is -2.42. The van der Waals surface area contributed by atoms with E-state index in [1.54, 1.807) is 0 Å². The predicted molar refractivity (Wildman–Crippen MR) is 118 cm³/mol. The van der Waals surface area contributed by atoms with Crippen LogP contribution >= 0.6 is 11.6 Å². The summed E-state index contributed by atoms with van der Waals surface area (Å²) in [5.41, 5.74) is 2.83. The average Bonchev–Trinajstić information content (AvgIpc) is 3.11. The zero-order valence-corrected chi connectivity index (χ0v) is 18.4. The van der Waals surface area contributed by atoms with Crippen molar-refractivity contribution in [1.82, 2.24) is 15.2 Å². The standard InChI is InChI=1S/C21H30ClN5O3/c1-13(2)12-27(16-6-8-30-9-7-16)18-5-4-15(14(3)10-19(28)29)11-17(18)23-21-24-20(22)25-26-21/h4-5,11,13-14,16H,6-10,12H2,1-3H3,(H,28,29)(H2,23,24,25,26)/t14-/m1/s1. The van der Waals surface area contributed by atoms with Gasteiger partial charge in [-0.2, -0.15) is 4.98 Å². The van der Waals surface area contributed by atoms with Gasteiger partial charge >= 0.3 is 5.97 Å². The monoisotopic (exact) mass is 435 g/mol. The molecule has 2 aromatic rings. The van der Waals surface area contributed by atoms with E-state index in [0.29, 0.717) is 17.9 Å². The highest BCUT2D eigenvalue weighted by atomic mass is 35.5. The lowest BCUT2D eigenvalue weighted by molar-refractivity contribution is -0.137. The molecule has 1 aromatic carbocycles. The number of H-pyrrole nitrogens is 1. The van der Waals surface area contributed by atoms with Gasteiger partial charge in [0.1, 0.15) is 0 Å². The van der Waals surface area contributed by atoms with Crippen LogP contribution in [-0.4, -0.2) is 52.1 Å². The van der Waals surface area contributed by atoms with Crippen LogP contribution in [0.2, 0.25) is 5.28 Å². The van der Waals surface area contributed by atoms with Gasteiger partial charge in [-0.3, -0.25) is 4.79 Å². The van der Waals surface area contributed by atoms with Crippen LogP contribution in [0.15, 0.2) is 18.2 Å². The molecule has 30 heavy (non-hydrogen) atoms. The van der Waals surface area contributed by atoms with Gasteiger partial charge in [-0.1, -0.05) is 26.8 Å². The van der Waals surface area contributed by atoms with Gasteiger partial charge in [0.05, 0.1) is 17.8 Å². The number of nitrogens with zero attached hydrogens (tertiary/aromatic N) is 3. The van der Waals surface area contributed by atoms with E-state index in [9.17, 15) is 9.90 Å². The summed E-state index contributed by atoms with van der Waals surface area (Å²) in [5, 5.41) is 19.4. The van der Waals surface area contributed by atoms with E-state index in [1.165, 1.54) is 0 Å². The van der Waals surface area contributed by atoms with Crippen molar-refractivity contribution in [3.8, 4) is 0 Å². The molecule has 8 nitrogen and oxygen atoms in total. The first kappa shape index (κ1) is 22.4. The molecule has 0 saturated carbocycles. The first-order valence-corrected chi connectivity index (χ1v) is 10.8. The Bertz CT molecular complexity index is 851. The Balaban J connectivity index is 1.99. The van der Waals surface area contributed by atoms with Crippen LogP contribution in [0, 0.1) is 5.92 Å². The molecular weight excluding hydrogens is 406 g/mol. The molecule has 2 heterocycles. The van der Waals surface area contributed by atoms with Crippen molar-refractivity contribution in [1.29, 1.82) is 0 Å². The number of aliphatic carboxylic acids is 1. The van der Waals surface area contributed by atoms with Crippen molar-refractivity contribution >= 4 is 34.9 Å². The molecular formula is C21H30ClN5O3. The maximum Gasteiger partial charge on any atom is 0.303 e. The molecule has 1 aromatic heterocycles. The Kier molecular flexibility index (Phi) is 7.55. The Morgan fingerprint density at radius 2 is 2.10 bits per heavy atom. The molecule has 1 aliphatic rings. The molecule has 0 aliphatic carbocycles. The lowest BCUT2D eigenvalue weighted by Gasteiger charge is -2.38. The fourth-order valence-corrected chi connectivity index (χ4v) is 3.97. The highest BCUT2D eigenvalue weighted by Gasteiger charge is 2.25. The molecule has 9 heteroatoms. The Labute approximate surface area is 182 Å². The number of anilines is 3. The van der Waals surface area contributed by atoms with Crippen molar-refractivity contribution in [3.05, 3.63) is 29.0 Å². The number of aromatic nitrogens is 3. The number of ether oxygens (including phenoxy) is 1. The summed E-state index contributed by atoms with van der Waals surface area (Å²) in [6.45, 7) is 8.74. The highest BCUT2D eigenvalue weighted by Crippen LogP contribution is 2.35. The summed E-state index contributed by atoms with van der Waals surface area (Å²) >= 11 is 5.90. The molecule has 0 bridgehead atoms. The minimum atomic E-state index is -0.814. The van der Waals surface area contributed by atoms with Gasteiger partial charge in [-0.15, -0.1) is 5.10 Å². The number of rotatable bonds is 9. The number of benzene rings is 1. The van der Waals surface area contributed by atoms with Crippen molar-refractivity contribution in [2.45, 2.75) is 52.0 Å². The van der Waals surface area contributed by atoms with Crippen LogP contribution in [-0.2, 0) is 9.53 Å². The Morgan fingerprint density at radius 3 is 2.70 bits per heavy atom. The minimum Gasteiger partial charge on any atom is -0.481 e. The number of carboxylic acid groups (broad SMARTS) is 1. The summed E-state index contributed by atoms with van der Waals surface area (Å²) < 4.78 is 5.57. The van der Waals surface area contributed by atoms with Gasteiger partial charge < -0.3 is 20.1 Å². The van der Waals surface area contributed by atoms with Gasteiger partial charge in [0.25, 0.3) is 0 Å². The summed E-state index contributed by atoms with van der Waals surface area (Å²) in [5.74, 6) is -0.0787. The second kappa shape index (κ2) is 10.1. The molecule has 0 unspecified atom stereocenters. The molecule has 0 amide bonds. The number of halogens is 1. The normalized spacial score (nSPS) is 15.9. The minimum absolute atomic E-state index is 0.0704. The second-order valence-electron chi connectivity index (χ2n) is 8.24. The SMILES string of the molecule is CC(C)CN(c1ccc([C@H](C)CC(=O)O)cc1Nc1n[nH]c(Cl)n1)C1CCOCC1. The Morgan fingerprint density at radius 1 is 1.37 bits per heavy atom. The molecule has 0 spiro atoms. The van der Waals surface area contributed by atoms with Gasteiger partial charge in [0, 0.05) is 25.8 Å². The molecule has 1 saturated heterocycles. The highest BCUT2D eigenvalue weighted by molar-refractivity contribution is 6.28.